The molecule has 4 bridgehead atoms. The summed E-state index contributed by atoms with van der Waals surface area (Å²) in [5.74, 6) is 3.44. The molecule has 0 aromatic carbocycles. The Balaban J connectivity index is 1.58. The van der Waals surface area contributed by atoms with Gasteiger partial charge in [-0.3, -0.25) is 0 Å². The van der Waals surface area contributed by atoms with E-state index in [1.807, 2.05) is 0 Å². The predicted molar refractivity (Wildman–Crippen MR) is 82.4 cm³/mol. The molecule has 3 nitrogen and oxygen atoms in total. The van der Waals surface area contributed by atoms with Crippen LogP contribution in [0.15, 0.2) is 0 Å². The minimum atomic E-state index is -2.83. The quantitative estimate of drug-likeness (QED) is 0.820. The highest BCUT2D eigenvalue weighted by atomic mass is 32.2. The van der Waals surface area contributed by atoms with Gasteiger partial charge < -0.3 is 5.32 Å². The van der Waals surface area contributed by atoms with E-state index in [0.717, 1.165) is 17.8 Å². The molecule has 1 atom stereocenters. The molecule has 0 aromatic heterocycles. The van der Waals surface area contributed by atoms with Crippen molar-refractivity contribution in [1.29, 1.82) is 0 Å². The number of rotatable bonds is 6. The first kappa shape index (κ1) is 14.8. The summed E-state index contributed by atoms with van der Waals surface area (Å²) in [4.78, 5) is 0. The van der Waals surface area contributed by atoms with Gasteiger partial charge in [-0.15, -0.1) is 0 Å². The zero-order valence-electron chi connectivity index (χ0n) is 12.9. The Hall–Kier alpha value is -0.0900. The Kier molecular flexibility index (Phi) is 3.91. The van der Waals surface area contributed by atoms with E-state index in [4.69, 9.17) is 0 Å². The highest BCUT2D eigenvalue weighted by Gasteiger charge is 2.52. The van der Waals surface area contributed by atoms with Crippen LogP contribution in [0.25, 0.3) is 0 Å². The van der Waals surface area contributed by atoms with Gasteiger partial charge in [-0.1, -0.05) is 6.92 Å². The molecule has 0 radical (unpaired) electrons. The van der Waals surface area contributed by atoms with E-state index >= 15 is 0 Å². The zero-order chi connectivity index (χ0) is 14.4. The number of sulfone groups is 1. The SMILES string of the molecule is CCS(=O)(=O)CCNC(C)C12CC3CC(CC(C3)C1)C2. The molecule has 0 aliphatic heterocycles. The molecule has 4 heteroatoms. The van der Waals surface area contributed by atoms with E-state index in [0.29, 0.717) is 23.8 Å². The van der Waals surface area contributed by atoms with Crippen molar-refractivity contribution in [2.75, 3.05) is 18.1 Å². The van der Waals surface area contributed by atoms with Crippen LogP contribution in [-0.2, 0) is 9.84 Å². The third-order valence-corrected chi connectivity index (χ3v) is 8.01. The first-order chi connectivity index (χ1) is 9.42. The van der Waals surface area contributed by atoms with Crippen LogP contribution in [-0.4, -0.2) is 32.5 Å². The first-order valence-electron chi connectivity index (χ1n) is 8.36. The predicted octanol–water partition coefficient (Wildman–Crippen LogP) is 2.62. The molecule has 1 N–H and O–H groups in total. The van der Waals surface area contributed by atoms with Gasteiger partial charge in [-0.05, 0) is 68.6 Å². The van der Waals surface area contributed by atoms with Gasteiger partial charge in [-0.25, -0.2) is 8.42 Å². The molecular weight excluding hydrogens is 270 g/mol. The minimum absolute atomic E-state index is 0.264. The van der Waals surface area contributed by atoms with Crippen LogP contribution in [0.2, 0.25) is 0 Å². The van der Waals surface area contributed by atoms with Gasteiger partial charge in [0.2, 0.25) is 0 Å². The third kappa shape index (κ3) is 2.78. The Morgan fingerprint density at radius 3 is 2.05 bits per heavy atom. The number of nitrogens with one attached hydrogen (secondary N) is 1. The van der Waals surface area contributed by atoms with E-state index in [9.17, 15) is 8.42 Å². The molecule has 1 unspecified atom stereocenters. The molecule has 116 valence electrons. The molecule has 20 heavy (non-hydrogen) atoms. The van der Waals surface area contributed by atoms with Gasteiger partial charge in [0.1, 0.15) is 0 Å². The second-order valence-electron chi connectivity index (χ2n) is 7.69. The van der Waals surface area contributed by atoms with Crippen molar-refractivity contribution in [1.82, 2.24) is 5.32 Å². The highest BCUT2D eigenvalue weighted by Crippen LogP contribution is 2.61. The van der Waals surface area contributed by atoms with Crippen LogP contribution in [0.1, 0.15) is 52.4 Å². The minimum Gasteiger partial charge on any atom is -0.313 e. The number of hydrogen-bond acceptors (Lipinski definition) is 3. The summed E-state index contributed by atoms with van der Waals surface area (Å²) in [6.07, 6.45) is 8.55. The lowest BCUT2D eigenvalue weighted by Gasteiger charge is -2.59. The Morgan fingerprint density at radius 1 is 1.10 bits per heavy atom. The molecule has 0 aromatic rings. The summed E-state index contributed by atoms with van der Waals surface area (Å²) < 4.78 is 23.2. The third-order valence-electron chi connectivity index (χ3n) is 6.31. The average molecular weight is 299 g/mol. The molecule has 4 aliphatic carbocycles. The molecule has 0 spiro atoms. The monoisotopic (exact) mass is 299 g/mol. The van der Waals surface area contributed by atoms with E-state index in [1.165, 1.54) is 38.5 Å². The van der Waals surface area contributed by atoms with E-state index in [2.05, 4.69) is 12.2 Å². The van der Waals surface area contributed by atoms with Gasteiger partial charge in [-0.2, -0.15) is 0 Å². The molecule has 0 saturated heterocycles. The van der Waals surface area contributed by atoms with Crippen LogP contribution in [0.3, 0.4) is 0 Å². The fourth-order valence-corrected chi connectivity index (χ4v) is 6.22. The lowest BCUT2D eigenvalue weighted by atomic mass is 9.48. The van der Waals surface area contributed by atoms with Gasteiger partial charge >= 0.3 is 0 Å². The maximum absolute atomic E-state index is 11.6. The van der Waals surface area contributed by atoms with Crippen LogP contribution >= 0.6 is 0 Å². The van der Waals surface area contributed by atoms with Crippen molar-refractivity contribution in [2.45, 2.75) is 58.4 Å². The summed E-state index contributed by atoms with van der Waals surface area (Å²) in [6.45, 7) is 4.66. The molecule has 4 aliphatic rings. The molecule has 4 fully saturated rings. The van der Waals surface area contributed by atoms with E-state index in [1.54, 1.807) is 6.92 Å². The lowest BCUT2D eigenvalue weighted by molar-refractivity contribution is -0.0700. The van der Waals surface area contributed by atoms with Crippen molar-refractivity contribution in [3.05, 3.63) is 0 Å². The summed E-state index contributed by atoms with van der Waals surface area (Å²) in [6, 6.07) is 0.475. The van der Waals surface area contributed by atoms with Gasteiger partial charge in [0.25, 0.3) is 0 Å². The van der Waals surface area contributed by atoms with Crippen molar-refractivity contribution in [2.24, 2.45) is 23.2 Å². The van der Waals surface area contributed by atoms with Crippen molar-refractivity contribution in [3.8, 4) is 0 Å². The lowest BCUT2D eigenvalue weighted by Crippen LogP contribution is -2.55. The van der Waals surface area contributed by atoms with E-state index < -0.39 is 9.84 Å². The molecule has 4 saturated carbocycles. The van der Waals surface area contributed by atoms with Crippen LogP contribution in [0.4, 0.5) is 0 Å². The van der Waals surface area contributed by atoms with Gasteiger partial charge in [0, 0.05) is 18.3 Å². The summed E-state index contributed by atoms with van der Waals surface area (Å²) in [5.41, 5.74) is 0.477. The molecular formula is C16H29NO2S. The van der Waals surface area contributed by atoms with Gasteiger partial charge in [0.15, 0.2) is 9.84 Å². The smallest absolute Gasteiger partial charge is 0.151 e. The zero-order valence-corrected chi connectivity index (χ0v) is 13.7. The Morgan fingerprint density at radius 2 is 1.60 bits per heavy atom. The number of hydrogen-bond donors (Lipinski definition) is 1. The normalized spacial score (nSPS) is 41.0. The topological polar surface area (TPSA) is 46.2 Å². The summed E-state index contributed by atoms with van der Waals surface area (Å²) >= 11 is 0. The second kappa shape index (κ2) is 5.28. The fraction of sp³-hybridized carbons (Fsp3) is 1.00. The Bertz CT molecular complexity index is 422. The van der Waals surface area contributed by atoms with Crippen molar-refractivity contribution in [3.63, 3.8) is 0 Å². The maximum atomic E-state index is 11.6. The van der Waals surface area contributed by atoms with Crippen molar-refractivity contribution >= 4 is 9.84 Å². The van der Waals surface area contributed by atoms with Crippen molar-refractivity contribution < 1.29 is 8.42 Å². The highest BCUT2D eigenvalue weighted by molar-refractivity contribution is 7.91. The standard InChI is InChI=1S/C16H29NO2S/c1-3-20(18,19)5-4-17-12(2)16-9-13-6-14(10-16)8-15(7-13)11-16/h12-15,17H,3-11H2,1-2H3. The molecule has 4 rings (SSSR count). The second-order valence-corrected chi connectivity index (χ2v) is 10.2. The maximum Gasteiger partial charge on any atom is 0.151 e. The summed E-state index contributed by atoms with van der Waals surface area (Å²) in [7, 11) is -2.83. The fourth-order valence-electron chi connectivity index (χ4n) is 5.50. The summed E-state index contributed by atoms with van der Waals surface area (Å²) in [5, 5.41) is 3.55. The molecule has 0 heterocycles. The van der Waals surface area contributed by atoms with Crippen LogP contribution < -0.4 is 5.32 Å². The average Bonchev–Trinajstić information content (AvgIpc) is 2.37. The van der Waals surface area contributed by atoms with Gasteiger partial charge in [0.05, 0.1) is 5.75 Å². The Labute approximate surface area is 123 Å². The largest absolute Gasteiger partial charge is 0.313 e. The van der Waals surface area contributed by atoms with Crippen LogP contribution in [0.5, 0.6) is 0 Å². The van der Waals surface area contributed by atoms with E-state index in [-0.39, 0.29) is 5.75 Å². The molecule has 0 amide bonds. The van der Waals surface area contributed by atoms with Crippen LogP contribution in [0, 0.1) is 23.2 Å². The first-order valence-corrected chi connectivity index (χ1v) is 10.2.